The number of H-pyrrole nitrogens is 1. The molecular weight excluding hydrogens is 194 g/mol. The number of rotatable bonds is 0. The fourth-order valence-electron chi connectivity index (χ4n) is 1.23. The molecule has 0 aliphatic rings. The van der Waals surface area contributed by atoms with E-state index in [-0.39, 0.29) is 16.8 Å². The van der Waals surface area contributed by atoms with Gasteiger partial charge in [-0.25, -0.2) is 0 Å². The van der Waals surface area contributed by atoms with Gasteiger partial charge in [-0.2, -0.15) is 14.5 Å². The van der Waals surface area contributed by atoms with Gasteiger partial charge in [0.1, 0.15) is 11.6 Å². The van der Waals surface area contributed by atoms with Gasteiger partial charge < -0.3 is 5.73 Å². The molecule has 0 atom stereocenters. The monoisotopic (exact) mass is 207 g/mol. The maximum Gasteiger partial charge on any atom is 0.276 e. The summed E-state index contributed by atoms with van der Waals surface area (Å²) >= 11 is 0. The third-order valence-corrected chi connectivity index (χ3v) is 2.06. The summed E-state index contributed by atoms with van der Waals surface area (Å²) in [4.78, 5) is 19.7. The van der Waals surface area contributed by atoms with Crippen LogP contribution in [0.15, 0.2) is 10.9 Å². The number of anilines is 1. The molecule has 80 valence electrons. The summed E-state index contributed by atoms with van der Waals surface area (Å²) in [7, 11) is 0. The summed E-state index contributed by atoms with van der Waals surface area (Å²) in [6.07, 6.45) is 0. The number of nitrogens with zero attached hydrogens (tertiary/aromatic N) is 3. The number of nitrogens with one attached hydrogen (secondary N) is 1. The molecule has 2 rings (SSSR count). The minimum atomic E-state index is -0.250. The van der Waals surface area contributed by atoms with Crippen LogP contribution in [-0.2, 0) is 5.41 Å². The largest absolute Gasteiger partial charge is 0.383 e. The van der Waals surface area contributed by atoms with Gasteiger partial charge in [0.15, 0.2) is 0 Å². The van der Waals surface area contributed by atoms with Gasteiger partial charge in [0.2, 0.25) is 0 Å². The van der Waals surface area contributed by atoms with Crippen molar-refractivity contribution in [2.45, 2.75) is 26.2 Å². The Morgan fingerprint density at radius 2 is 2.07 bits per heavy atom. The number of fused-ring (bicyclic) bond motifs is 1. The normalized spacial score (nSPS) is 12.2. The highest BCUT2D eigenvalue weighted by Gasteiger charge is 2.19. The predicted octanol–water partition coefficient (Wildman–Crippen LogP) is 0.297. The molecule has 0 aliphatic heterocycles. The van der Waals surface area contributed by atoms with E-state index in [9.17, 15) is 4.79 Å². The average Bonchev–Trinajstić information content (AvgIpc) is 2.46. The van der Waals surface area contributed by atoms with Crippen molar-refractivity contribution in [3.63, 3.8) is 0 Å². The maximum absolute atomic E-state index is 11.5. The third kappa shape index (κ3) is 1.58. The Bertz CT molecular complexity index is 560. The first-order valence-corrected chi connectivity index (χ1v) is 4.64. The first-order valence-electron chi connectivity index (χ1n) is 4.64. The molecule has 0 amide bonds. The highest BCUT2D eigenvalue weighted by atomic mass is 16.1. The lowest BCUT2D eigenvalue weighted by molar-refractivity contribution is 0.544. The van der Waals surface area contributed by atoms with Crippen LogP contribution in [0.1, 0.15) is 26.6 Å². The van der Waals surface area contributed by atoms with Gasteiger partial charge in [-0.15, -0.1) is 0 Å². The van der Waals surface area contributed by atoms with Crippen molar-refractivity contribution < 1.29 is 0 Å². The summed E-state index contributed by atoms with van der Waals surface area (Å²) in [5.74, 6) is 1.20. The minimum Gasteiger partial charge on any atom is -0.383 e. The van der Waals surface area contributed by atoms with Crippen LogP contribution in [0.25, 0.3) is 5.78 Å². The van der Waals surface area contributed by atoms with Crippen LogP contribution in [0, 0.1) is 0 Å². The zero-order valence-electron chi connectivity index (χ0n) is 8.90. The second-order valence-corrected chi connectivity index (χ2v) is 4.48. The topological polar surface area (TPSA) is 89.1 Å². The van der Waals surface area contributed by atoms with Gasteiger partial charge in [0, 0.05) is 11.5 Å². The summed E-state index contributed by atoms with van der Waals surface area (Å²) in [6, 6.07) is 1.26. The summed E-state index contributed by atoms with van der Waals surface area (Å²) in [5, 5.41) is 2.91. The molecule has 0 saturated heterocycles. The third-order valence-electron chi connectivity index (χ3n) is 2.06. The Hall–Kier alpha value is -1.85. The van der Waals surface area contributed by atoms with Crippen molar-refractivity contribution in [2.24, 2.45) is 0 Å². The number of nitrogen functional groups attached to an aromatic ring is 1. The van der Waals surface area contributed by atoms with Crippen LogP contribution in [0.3, 0.4) is 0 Å². The van der Waals surface area contributed by atoms with E-state index in [4.69, 9.17) is 5.73 Å². The summed E-state index contributed by atoms with van der Waals surface area (Å²) < 4.78 is 1.29. The molecule has 15 heavy (non-hydrogen) atoms. The molecule has 0 radical (unpaired) electrons. The highest BCUT2D eigenvalue weighted by Crippen LogP contribution is 2.17. The standard InChI is InChI=1S/C9H13N5O/c1-9(2,3)7-12-8-11-5(10)4-6(15)14(8)13-7/h4H,10H2,1-3H3,(H,11,12,13). The molecule has 2 aromatic rings. The van der Waals surface area contributed by atoms with Gasteiger partial charge in [0.05, 0.1) is 0 Å². The van der Waals surface area contributed by atoms with E-state index in [0.717, 1.165) is 0 Å². The molecule has 0 fully saturated rings. The Balaban J connectivity index is 2.77. The van der Waals surface area contributed by atoms with Gasteiger partial charge in [-0.1, -0.05) is 20.8 Å². The number of aromatic nitrogens is 4. The Morgan fingerprint density at radius 1 is 1.40 bits per heavy atom. The number of nitrogens with two attached hydrogens (primary N) is 1. The molecule has 0 spiro atoms. The molecule has 0 saturated carbocycles. The van der Waals surface area contributed by atoms with Crippen molar-refractivity contribution >= 4 is 11.6 Å². The second kappa shape index (κ2) is 2.82. The Morgan fingerprint density at radius 3 is 2.67 bits per heavy atom. The molecule has 2 aromatic heterocycles. The van der Waals surface area contributed by atoms with E-state index in [1.54, 1.807) is 0 Å². The van der Waals surface area contributed by atoms with Gasteiger partial charge in [-0.05, 0) is 0 Å². The van der Waals surface area contributed by atoms with Crippen LogP contribution >= 0.6 is 0 Å². The summed E-state index contributed by atoms with van der Waals surface area (Å²) in [6.45, 7) is 6.00. The number of hydrogen-bond acceptors (Lipinski definition) is 4. The van der Waals surface area contributed by atoms with Crippen molar-refractivity contribution in [1.82, 2.24) is 19.6 Å². The second-order valence-electron chi connectivity index (χ2n) is 4.48. The van der Waals surface area contributed by atoms with Gasteiger partial charge in [0.25, 0.3) is 11.3 Å². The number of aromatic amines is 1. The van der Waals surface area contributed by atoms with E-state index in [1.807, 2.05) is 20.8 Å². The minimum absolute atomic E-state index is 0.158. The summed E-state index contributed by atoms with van der Waals surface area (Å²) in [5.41, 5.74) is 5.06. The lowest BCUT2D eigenvalue weighted by atomic mass is 9.96. The van der Waals surface area contributed by atoms with Crippen LogP contribution < -0.4 is 11.3 Å². The Kier molecular flexibility index (Phi) is 1.82. The van der Waals surface area contributed by atoms with E-state index >= 15 is 0 Å². The molecular formula is C9H13N5O. The molecule has 2 heterocycles. The molecule has 3 N–H and O–H groups in total. The lowest BCUT2D eigenvalue weighted by Crippen LogP contribution is -2.17. The SMILES string of the molecule is CC(C)(C)c1nc2nc(N)cc(=O)n2[nH]1. The van der Waals surface area contributed by atoms with Crippen LogP contribution in [-0.4, -0.2) is 19.6 Å². The highest BCUT2D eigenvalue weighted by molar-refractivity contribution is 5.37. The van der Waals surface area contributed by atoms with Gasteiger partial charge in [-0.3, -0.25) is 9.89 Å². The fourth-order valence-corrected chi connectivity index (χ4v) is 1.23. The molecule has 0 unspecified atom stereocenters. The van der Waals surface area contributed by atoms with E-state index in [1.165, 1.54) is 10.6 Å². The fraction of sp³-hybridized carbons (Fsp3) is 0.444. The van der Waals surface area contributed by atoms with Crippen LogP contribution in [0.5, 0.6) is 0 Å². The zero-order valence-corrected chi connectivity index (χ0v) is 8.90. The van der Waals surface area contributed by atoms with Crippen molar-refractivity contribution in [3.8, 4) is 0 Å². The molecule has 0 aliphatic carbocycles. The number of hydrogen-bond donors (Lipinski definition) is 2. The van der Waals surface area contributed by atoms with E-state index in [2.05, 4.69) is 15.1 Å². The first-order chi connectivity index (χ1) is 6.88. The smallest absolute Gasteiger partial charge is 0.276 e. The van der Waals surface area contributed by atoms with Crippen LogP contribution in [0.2, 0.25) is 0 Å². The van der Waals surface area contributed by atoms with E-state index < -0.39 is 0 Å². The first kappa shape index (κ1) is 9.70. The quantitative estimate of drug-likeness (QED) is 0.650. The molecule has 6 heteroatoms. The molecule has 0 aromatic carbocycles. The van der Waals surface area contributed by atoms with Crippen molar-refractivity contribution in [3.05, 3.63) is 22.2 Å². The van der Waals surface area contributed by atoms with Crippen LogP contribution in [0.4, 0.5) is 5.82 Å². The van der Waals surface area contributed by atoms with E-state index in [0.29, 0.717) is 11.6 Å². The van der Waals surface area contributed by atoms with Crippen molar-refractivity contribution in [1.29, 1.82) is 0 Å². The predicted molar refractivity (Wildman–Crippen MR) is 56.7 cm³/mol. The lowest BCUT2D eigenvalue weighted by Gasteiger charge is -2.12. The van der Waals surface area contributed by atoms with Crippen molar-refractivity contribution in [2.75, 3.05) is 5.73 Å². The van der Waals surface area contributed by atoms with Gasteiger partial charge >= 0.3 is 0 Å². The zero-order chi connectivity index (χ0) is 11.2. The molecule has 6 nitrogen and oxygen atoms in total. The average molecular weight is 207 g/mol. The Labute approximate surface area is 86.1 Å². The molecule has 0 bridgehead atoms. The maximum atomic E-state index is 11.5.